The molecule has 210 valence electrons. The van der Waals surface area contributed by atoms with E-state index < -0.39 is 71.3 Å². The van der Waals surface area contributed by atoms with Crippen molar-refractivity contribution in [3.05, 3.63) is 0 Å². The molecule has 3 atom stereocenters. The molecular weight excluding hydrogens is 533 g/mol. The van der Waals surface area contributed by atoms with Crippen molar-refractivity contribution in [2.45, 2.75) is 81.4 Å². The zero-order valence-corrected chi connectivity index (χ0v) is 20.0. The third-order valence-electron chi connectivity index (χ3n) is 6.33. The molecule has 3 unspecified atom stereocenters. The van der Waals surface area contributed by atoms with Gasteiger partial charge in [-0.25, -0.2) is 4.79 Å². The fourth-order valence-electron chi connectivity index (χ4n) is 4.74. The molecule has 0 saturated heterocycles. The number of rotatable bonds is 11. The minimum atomic E-state index is -6.66. The largest absolute Gasteiger partial charge is 0.468 e. The highest BCUT2D eigenvalue weighted by atomic mass is 32.2. The molecule has 2 aliphatic carbocycles. The number of carbonyl (C=O) groups excluding carboxylic acids is 2. The summed E-state index contributed by atoms with van der Waals surface area (Å²) >= 11 is 0. The van der Waals surface area contributed by atoms with Gasteiger partial charge in [0, 0.05) is 12.8 Å². The first-order chi connectivity index (χ1) is 16.4. The smallest absolute Gasteiger partial charge is 0.461 e. The Labute approximate surface area is 202 Å². The summed E-state index contributed by atoms with van der Waals surface area (Å²) < 4.78 is 138. The molecule has 1 N–H and O–H groups in total. The van der Waals surface area contributed by atoms with Crippen molar-refractivity contribution < 1.29 is 67.5 Å². The second-order valence-electron chi connectivity index (χ2n) is 9.04. The Bertz CT molecular complexity index is 896. The highest BCUT2D eigenvalue weighted by Crippen LogP contribution is 2.45. The van der Waals surface area contributed by atoms with Crippen molar-refractivity contribution in [2.24, 2.45) is 17.8 Å². The van der Waals surface area contributed by atoms with E-state index in [-0.39, 0.29) is 17.8 Å². The van der Waals surface area contributed by atoms with Crippen LogP contribution in [0.15, 0.2) is 0 Å². The minimum Gasteiger partial charge on any atom is -0.461 e. The first kappa shape index (κ1) is 30.5. The molecule has 2 fully saturated rings. The van der Waals surface area contributed by atoms with E-state index in [4.69, 9.17) is 4.55 Å². The SMILES string of the molecule is CCOC(=O)C(OCCC(F)(F)C(F)(F)S(=O)(=O)O)(OC(=O)CC1CC2CCCC(C2)C1)C(F)(F)F. The zero-order chi connectivity index (χ0) is 27.6. The number of hydrogen-bond donors (Lipinski definition) is 1. The van der Waals surface area contributed by atoms with E-state index in [1.807, 2.05) is 0 Å². The second kappa shape index (κ2) is 11.0. The van der Waals surface area contributed by atoms with Crippen LogP contribution < -0.4 is 0 Å². The van der Waals surface area contributed by atoms with Crippen LogP contribution in [0.25, 0.3) is 0 Å². The van der Waals surface area contributed by atoms with Crippen LogP contribution in [0.3, 0.4) is 0 Å². The van der Waals surface area contributed by atoms with Crippen LogP contribution in [0.1, 0.15) is 58.3 Å². The van der Waals surface area contributed by atoms with Gasteiger partial charge in [-0.1, -0.05) is 19.3 Å². The van der Waals surface area contributed by atoms with Crippen LogP contribution in [-0.4, -0.2) is 61.3 Å². The van der Waals surface area contributed by atoms with Gasteiger partial charge in [0.15, 0.2) is 0 Å². The summed E-state index contributed by atoms with van der Waals surface area (Å²) in [6.07, 6.45) is -3.99. The Morgan fingerprint density at radius 1 is 0.972 bits per heavy atom. The van der Waals surface area contributed by atoms with Crippen molar-refractivity contribution >= 4 is 22.1 Å². The maximum atomic E-state index is 13.9. The molecule has 0 amide bonds. The predicted octanol–water partition coefficient (Wildman–Crippen LogP) is 4.48. The Balaban J connectivity index is 2.22. The van der Waals surface area contributed by atoms with Gasteiger partial charge in [0.25, 0.3) is 0 Å². The van der Waals surface area contributed by atoms with E-state index in [9.17, 15) is 48.7 Å². The maximum Gasteiger partial charge on any atom is 0.468 e. The van der Waals surface area contributed by atoms with Crippen molar-refractivity contribution in [1.82, 2.24) is 0 Å². The average molecular weight is 560 g/mol. The molecule has 2 bridgehead atoms. The van der Waals surface area contributed by atoms with Gasteiger partial charge in [0.1, 0.15) is 0 Å². The Morgan fingerprint density at radius 3 is 2.00 bits per heavy atom. The van der Waals surface area contributed by atoms with Crippen molar-refractivity contribution in [3.63, 3.8) is 0 Å². The highest BCUT2D eigenvalue weighted by molar-refractivity contribution is 7.87. The summed E-state index contributed by atoms with van der Waals surface area (Å²) in [5, 5.41) is -6.08. The van der Waals surface area contributed by atoms with Crippen molar-refractivity contribution in [2.75, 3.05) is 13.2 Å². The van der Waals surface area contributed by atoms with E-state index >= 15 is 0 Å². The lowest BCUT2D eigenvalue weighted by Gasteiger charge is -2.39. The van der Waals surface area contributed by atoms with Crippen LogP contribution >= 0.6 is 0 Å². The number of ether oxygens (including phenoxy) is 3. The van der Waals surface area contributed by atoms with Gasteiger partial charge in [0.2, 0.25) is 0 Å². The molecule has 2 aliphatic rings. The Hall–Kier alpha value is -1.68. The molecule has 2 rings (SSSR count). The minimum absolute atomic E-state index is 0.288. The number of fused-ring (bicyclic) bond motifs is 2. The summed E-state index contributed by atoms with van der Waals surface area (Å²) in [5.74, 6) is -13.8. The number of carbonyl (C=O) groups is 2. The fraction of sp³-hybridized carbons (Fsp3) is 0.900. The Kier molecular flexibility index (Phi) is 9.31. The molecule has 0 aromatic heterocycles. The van der Waals surface area contributed by atoms with Gasteiger partial charge in [0.05, 0.1) is 13.2 Å². The van der Waals surface area contributed by atoms with E-state index in [0.29, 0.717) is 12.8 Å². The highest BCUT2D eigenvalue weighted by Gasteiger charge is 2.69. The third kappa shape index (κ3) is 6.60. The van der Waals surface area contributed by atoms with Gasteiger partial charge in [-0.3, -0.25) is 9.35 Å². The lowest BCUT2D eigenvalue weighted by atomic mass is 9.67. The van der Waals surface area contributed by atoms with Gasteiger partial charge in [-0.15, -0.1) is 0 Å². The summed E-state index contributed by atoms with van der Waals surface area (Å²) in [5.41, 5.74) is 0. The van der Waals surface area contributed by atoms with E-state index in [1.54, 1.807) is 0 Å². The summed E-state index contributed by atoms with van der Waals surface area (Å²) in [6.45, 7) is -1.62. The molecule has 8 nitrogen and oxygen atoms in total. The van der Waals surface area contributed by atoms with E-state index in [0.717, 1.165) is 32.6 Å². The molecule has 36 heavy (non-hydrogen) atoms. The van der Waals surface area contributed by atoms with Crippen LogP contribution in [0.2, 0.25) is 0 Å². The second-order valence-corrected chi connectivity index (χ2v) is 10.5. The molecular formula is C20H27F7O8S. The van der Waals surface area contributed by atoms with Crippen LogP contribution in [0, 0.1) is 17.8 Å². The number of esters is 2. The van der Waals surface area contributed by atoms with E-state index in [2.05, 4.69) is 14.2 Å². The zero-order valence-electron chi connectivity index (χ0n) is 19.2. The summed E-state index contributed by atoms with van der Waals surface area (Å²) in [7, 11) is -6.66. The molecule has 0 radical (unpaired) electrons. The topological polar surface area (TPSA) is 116 Å². The van der Waals surface area contributed by atoms with Crippen molar-refractivity contribution in [1.29, 1.82) is 0 Å². The first-order valence-electron chi connectivity index (χ1n) is 11.2. The number of hydrogen-bond acceptors (Lipinski definition) is 7. The van der Waals surface area contributed by atoms with Gasteiger partial charge < -0.3 is 14.2 Å². The Morgan fingerprint density at radius 2 is 1.53 bits per heavy atom. The molecule has 16 heteroatoms. The van der Waals surface area contributed by atoms with Gasteiger partial charge in [-0.2, -0.15) is 39.2 Å². The molecule has 0 aromatic rings. The van der Waals surface area contributed by atoms with Crippen LogP contribution in [-0.2, 0) is 33.9 Å². The summed E-state index contributed by atoms with van der Waals surface area (Å²) in [6, 6.07) is 0. The first-order valence-corrected chi connectivity index (χ1v) is 12.6. The van der Waals surface area contributed by atoms with Gasteiger partial charge in [-0.05, 0) is 43.9 Å². The van der Waals surface area contributed by atoms with Crippen LogP contribution in [0.5, 0.6) is 0 Å². The number of halogens is 7. The molecule has 0 spiro atoms. The van der Waals surface area contributed by atoms with Gasteiger partial charge >= 0.3 is 45.2 Å². The third-order valence-corrected chi connectivity index (χ3v) is 7.27. The fourth-order valence-corrected chi connectivity index (χ4v) is 5.22. The molecule has 0 aliphatic heterocycles. The molecule has 0 aromatic carbocycles. The maximum absolute atomic E-state index is 13.9. The lowest BCUT2D eigenvalue weighted by Crippen LogP contribution is -2.59. The standard InChI is InChI=1S/C20H27F7O8S/c1-2-33-16(29)18(19(23,24)25,34-7-6-17(21,22)20(26,27)36(30,31)32)35-15(28)11-14-9-12-4-3-5-13(8-12)10-14/h12-14H,2-11H2,1H3,(H,30,31,32). The molecule has 0 heterocycles. The molecule has 2 saturated carbocycles. The van der Waals surface area contributed by atoms with E-state index in [1.165, 1.54) is 0 Å². The average Bonchev–Trinajstić information content (AvgIpc) is 2.70. The predicted molar refractivity (Wildman–Crippen MR) is 106 cm³/mol. The quantitative estimate of drug-likeness (QED) is 0.170. The monoisotopic (exact) mass is 560 g/mol. The normalized spacial score (nSPS) is 25.1. The number of alkyl halides is 7. The van der Waals surface area contributed by atoms with Crippen molar-refractivity contribution in [3.8, 4) is 0 Å². The lowest BCUT2D eigenvalue weighted by molar-refractivity contribution is -0.358. The summed E-state index contributed by atoms with van der Waals surface area (Å²) in [4.78, 5) is 24.7. The van der Waals surface area contributed by atoms with Crippen LogP contribution in [0.4, 0.5) is 30.7 Å².